The number of ether oxygens (including phenoxy) is 2. The van der Waals surface area contributed by atoms with Crippen LogP contribution in [0.3, 0.4) is 0 Å². The quantitative estimate of drug-likeness (QED) is 0.844. The summed E-state index contributed by atoms with van der Waals surface area (Å²) in [5.41, 5.74) is -0.120. The van der Waals surface area contributed by atoms with Crippen LogP contribution in [0.2, 0.25) is 0 Å². The van der Waals surface area contributed by atoms with Gasteiger partial charge in [0.05, 0.1) is 5.60 Å². The first-order valence-corrected chi connectivity index (χ1v) is 7.39. The van der Waals surface area contributed by atoms with Crippen LogP contribution in [0, 0.1) is 5.82 Å². The van der Waals surface area contributed by atoms with E-state index in [4.69, 9.17) is 9.47 Å². The fraction of sp³-hybridized carbons (Fsp3) is 0.625. The lowest BCUT2D eigenvalue weighted by Gasteiger charge is -2.36. The first-order chi connectivity index (χ1) is 9.96. The molecule has 0 aromatic heterocycles. The molecule has 2 N–H and O–H groups in total. The zero-order valence-electron chi connectivity index (χ0n) is 12.6. The minimum Gasteiger partial charge on any atom is -0.488 e. The summed E-state index contributed by atoms with van der Waals surface area (Å²) in [6, 6.07) is 6.53. The second-order valence-electron chi connectivity index (χ2n) is 6.10. The molecule has 2 rings (SSSR count). The van der Waals surface area contributed by atoms with Crippen LogP contribution in [-0.4, -0.2) is 42.6 Å². The van der Waals surface area contributed by atoms with Crippen LogP contribution in [0.25, 0.3) is 0 Å². The van der Waals surface area contributed by atoms with Crippen molar-refractivity contribution in [1.29, 1.82) is 0 Å². The molecule has 0 spiro atoms. The van der Waals surface area contributed by atoms with E-state index in [1.165, 1.54) is 6.07 Å². The molecule has 0 radical (unpaired) electrons. The molecule has 0 aliphatic carbocycles. The number of hydrogen-bond donors (Lipinski definition) is 2. The fourth-order valence-electron chi connectivity index (χ4n) is 2.52. The molecule has 1 fully saturated rings. The van der Waals surface area contributed by atoms with Gasteiger partial charge in [-0.15, -0.1) is 0 Å². The van der Waals surface area contributed by atoms with Crippen molar-refractivity contribution >= 4 is 0 Å². The summed E-state index contributed by atoms with van der Waals surface area (Å²) in [5, 5.41) is 13.2. The highest BCUT2D eigenvalue weighted by molar-refractivity contribution is 5.23. The van der Waals surface area contributed by atoms with Crippen molar-refractivity contribution in [2.45, 2.75) is 44.4 Å². The summed E-state index contributed by atoms with van der Waals surface area (Å²) < 4.78 is 24.3. The Kier molecular flexibility index (Phi) is 5.56. The molecule has 1 aliphatic heterocycles. The molecule has 21 heavy (non-hydrogen) atoms. The van der Waals surface area contributed by atoms with Crippen LogP contribution in [0.15, 0.2) is 24.3 Å². The molecule has 0 bridgehead atoms. The van der Waals surface area contributed by atoms with E-state index in [1.54, 1.807) is 18.2 Å². The topological polar surface area (TPSA) is 50.7 Å². The Morgan fingerprint density at radius 3 is 2.95 bits per heavy atom. The molecule has 0 amide bonds. The third-order valence-corrected chi connectivity index (χ3v) is 3.61. The molecule has 1 aromatic rings. The lowest BCUT2D eigenvalue weighted by molar-refractivity contribution is -0.0641. The molecular weight excluding hydrogens is 273 g/mol. The SMILES string of the molecule is CC1(C)CC(NCC(O)COc2ccccc2F)CCO1. The van der Waals surface area contributed by atoms with E-state index < -0.39 is 11.9 Å². The van der Waals surface area contributed by atoms with Crippen LogP contribution in [0.5, 0.6) is 5.75 Å². The van der Waals surface area contributed by atoms with Crippen LogP contribution in [-0.2, 0) is 4.74 Å². The van der Waals surface area contributed by atoms with E-state index in [0.29, 0.717) is 12.6 Å². The van der Waals surface area contributed by atoms with Crippen molar-refractivity contribution in [3.05, 3.63) is 30.1 Å². The molecule has 5 heteroatoms. The summed E-state index contributed by atoms with van der Waals surface area (Å²) in [6.45, 7) is 5.36. The molecule has 2 atom stereocenters. The average Bonchev–Trinajstić information content (AvgIpc) is 2.43. The lowest BCUT2D eigenvalue weighted by atomic mass is 9.94. The molecule has 1 aromatic carbocycles. The summed E-state index contributed by atoms with van der Waals surface area (Å²) in [6.07, 6.45) is 1.17. The van der Waals surface area contributed by atoms with Crippen molar-refractivity contribution in [3.8, 4) is 5.75 Å². The van der Waals surface area contributed by atoms with Crippen molar-refractivity contribution < 1.29 is 19.0 Å². The fourth-order valence-corrected chi connectivity index (χ4v) is 2.52. The summed E-state index contributed by atoms with van der Waals surface area (Å²) in [5.74, 6) is -0.243. The molecule has 1 aliphatic rings. The van der Waals surface area contributed by atoms with Crippen LogP contribution < -0.4 is 10.1 Å². The number of aliphatic hydroxyl groups excluding tert-OH is 1. The predicted octanol–water partition coefficient (Wildman–Crippen LogP) is 2.11. The zero-order valence-corrected chi connectivity index (χ0v) is 12.6. The number of aliphatic hydroxyl groups is 1. The number of halogens is 1. The van der Waals surface area contributed by atoms with Crippen LogP contribution in [0.1, 0.15) is 26.7 Å². The summed E-state index contributed by atoms with van der Waals surface area (Å²) >= 11 is 0. The third-order valence-electron chi connectivity index (χ3n) is 3.61. The number of rotatable bonds is 6. The molecule has 4 nitrogen and oxygen atoms in total. The van der Waals surface area contributed by atoms with Gasteiger partial charge >= 0.3 is 0 Å². The van der Waals surface area contributed by atoms with E-state index in [2.05, 4.69) is 19.2 Å². The highest BCUT2D eigenvalue weighted by atomic mass is 19.1. The Balaban J connectivity index is 1.70. The maximum atomic E-state index is 13.4. The Morgan fingerprint density at radius 1 is 1.48 bits per heavy atom. The largest absolute Gasteiger partial charge is 0.488 e. The predicted molar refractivity (Wildman–Crippen MR) is 79.0 cm³/mol. The molecular formula is C16H24FNO3. The smallest absolute Gasteiger partial charge is 0.165 e. The molecule has 0 saturated carbocycles. The highest BCUT2D eigenvalue weighted by Crippen LogP contribution is 2.23. The Bertz CT molecular complexity index is 453. The van der Waals surface area contributed by atoms with E-state index in [1.807, 2.05) is 0 Å². The van der Waals surface area contributed by atoms with Crippen molar-refractivity contribution in [2.75, 3.05) is 19.8 Å². The van der Waals surface area contributed by atoms with Gasteiger partial charge in [-0.2, -0.15) is 0 Å². The van der Waals surface area contributed by atoms with Gasteiger partial charge in [-0.1, -0.05) is 12.1 Å². The first kappa shape index (κ1) is 16.2. The molecule has 1 saturated heterocycles. The number of nitrogens with one attached hydrogen (secondary N) is 1. The van der Waals surface area contributed by atoms with E-state index in [-0.39, 0.29) is 18.0 Å². The normalized spacial score (nSPS) is 22.8. The van der Waals surface area contributed by atoms with Crippen LogP contribution >= 0.6 is 0 Å². The van der Waals surface area contributed by atoms with Gasteiger partial charge in [-0.05, 0) is 38.8 Å². The zero-order chi connectivity index (χ0) is 15.3. The van der Waals surface area contributed by atoms with Gasteiger partial charge in [0.1, 0.15) is 12.7 Å². The standard InChI is InChI=1S/C16H24FNO3/c1-16(2)9-12(7-8-21-16)18-10-13(19)11-20-15-6-4-3-5-14(15)17/h3-6,12-13,18-19H,7-11H2,1-2H3. The Labute approximate surface area is 125 Å². The van der Waals surface area contributed by atoms with E-state index in [0.717, 1.165) is 19.4 Å². The third kappa shape index (κ3) is 5.26. The van der Waals surface area contributed by atoms with Gasteiger partial charge in [0.25, 0.3) is 0 Å². The minimum atomic E-state index is -0.671. The van der Waals surface area contributed by atoms with Crippen molar-refractivity contribution in [1.82, 2.24) is 5.32 Å². The monoisotopic (exact) mass is 297 g/mol. The second kappa shape index (κ2) is 7.20. The minimum absolute atomic E-state index is 0.0700. The van der Waals surface area contributed by atoms with Crippen molar-refractivity contribution in [2.24, 2.45) is 0 Å². The number of benzene rings is 1. The average molecular weight is 297 g/mol. The van der Waals surface area contributed by atoms with Gasteiger partial charge in [0.2, 0.25) is 0 Å². The van der Waals surface area contributed by atoms with Gasteiger partial charge in [-0.25, -0.2) is 4.39 Å². The van der Waals surface area contributed by atoms with Gasteiger partial charge in [0.15, 0.2) is 11.6 Å². The highest BCUT2D eigenvalue weighted by Gasteiger charge is 2.28. The van der Waals surface area contributed by atoms with Crippen molar-refractivity contribution in [3.63, 3.8) is 0 Å². The molecule has 1 heterocycles. The van der Waals surface area contributed by atoms with Crippen LogP contribution in [0.4, 0.5) is 4.39 Å². The second-order valence-corrected chi connectivity index (χ2v) is 6.10. The van der Waals surface area contributed by atoms with Gasteiger partial charge < -0.3 is 19.9 Å². The summed E-state index contributed by atoms with van der Waals surface area (Å²) in [7, 11) is 0. The first-order valence-electron chi connectivity index (χ1n) is 7.39. The van der Waals surface area contributed by atoms with E-state index in [9.17, 15) is 9.50 Å². The maximum absolute atomic E-state index is 13.4. The maximum Gasteiger partial charge on any atom is 0.165 e. The van der Waals surface area contributed by atoms with Gasteiger partial charge in [-0.3, -0.25) is 0 Å². The number of hydrogen-bond acceptors (Lipinski definition) is 4. The Hall–Kier alpha value is -1.17. The lowest BCUT2D eigenvalue weighted by Crippen LogP contribution is -2.46. The molecule has 118 valence electrons. The van der Waals surface area contributed by atoms with Gasteiger partial charge in [0, 0.05) is 19.2 Å². The molecule has 2 unspecified atom stereocenters. The number of para-hydroxylation sites is 1. The van der Waals surface area contributed by atoms with E-state index >= 15 is 0 Å². The Morgan fingerprint density at radius 2 is 2.24 bits per heavy atom. The summed E-state index contributed by atoms with van der Waals surface area (Å²) in [4.78, 5) is 0.